The van der Waals surface area contributed by atoms with Gasteiger partial charge in [0.1, 0.15) is 11.5 Å². The van der Waals surface area contributed by atoms with Crippen LogP contribution in [0.4, 0.5) is 11.5 Å². The summed E-state index contributed by atoms with van der Waals surface area (Å²) in [7, 11) is 0. The number of halogens is 1. The summed E-state index contributed by atoms with van der Waals surface area (Å²) in [5.74, 6) is 0.826. The molecule has 4 nitrogen and oxygen atoms in total. The number of para-hydroxylation sites is 1. The Kier molecular flexibility index (Phi) is 4.77. The number of allylic oxidation sites excluding steroid dienone is 5. The van der Waals surface area contributed by atoms with Gasteiger partial charge in [0.25, 0.3) is 0 Å². The van der Waals surface area contributed by atoms with Crippen LogP contribution in [0.3, 0.4) is 0 Å². The summed E-state index contributed by atoms with van der Waals surface area (Å²) in [4.78, 5) is 8.85. The molecule has 1 aromatic carbocycles. The molecule has 0 aliphatic carbocycles. The summed E-state index contributed by atoms with van der Waals surface area (Å²) in [5.41, 5.74) is 3.32. The van der Waals surface area contributed by atoms with Gasteiger partial charge >= 0.3 is 0 Å². The second kappa shape index (κ2) is 7.15. The molecule has 1 N–H and O–H groups in total. The average molecular weight is 337 g/mol. The van der Waals surface area contributed by atoms with Crippen molar-refractivity contribution in [1.82, 2.24) is 14.4 Å². The fourth-order valence-electron chi connectivity index (χ4n) is 2.44. The molecule has 5 heteroatoms. The summed E-state index contributed by atoms with van der Waals surface area (Å²) in [6.45, 7) is 5.76. The zero-order chi connectivity index (χ0) is 16.9. The maximum atomic E-state index is 6.30. The Hall–Kier alpha value is -2.85. The van der Waals surface area contributed by atoms with Gasteiger partial charge in [0, 0.05) is 18.0 Å². The second-order valence-electron chi connectivity index (χ2n) is 5.08. The van der Waals surface area contributed by atoms with Crippen LogP contribution in [0.5, 0.6) is 0 Å². The van der Waals surface area contributed by atoms with Crippen LogP contribution in [0.2, 0.25) is 5.02 Å². The van der Waals surface area contributed by atoms with E-state index >= 15 is 0 Å². The molecule has 0 atom stereocenters. The Morgan fingerprint density at radius 1 is 1.33 bits per heavy atom. The zero-order valence-corrected chi connectivity index (χ0v) is 14.0. The molecule has 120 valence electrons. The molecule has 24 heavy (non-hydrogen) atoms. The number of hydrogen-bond acceptors (Lipinski definition) is 3. The number of nitrogens with one attached hydrogen (secondary N) is 1. The monoisotopic (exact) mass is 336 g/mol. The standard InChI is InChI=1S/C19H17ClN4/c1-3-7-14(8-4-2)18-19(22-16-10-6-5-9-15(16)20)24-12-11-21-13-17(24)23-18/h3-13,22H,1H2,2H3/b8-4-,14-7+. The van der Waals surface area contributed by atoms with Crippen molar-refractivity contribution in [2.24, 2.45) is 0 Å². The van der Waals surface area contributed by atoms with Gasteiger partial charge in [0.2, 0.25) is 0 Å². The number of fused-ring (bicyclic) bond motifs is 1. The normalized spacial score (nSPS) is 12.0. The molecule has 0 bridgehead atoms. The van der Waals surface area contributed by atoms with Gasteiger partial charge in [0.05, 0.1) is 16.9 Å². The van der Waals surface area contributed by atoms with Gasteiger partial charge in [0.15, 0.2) is 5.65 Å². The molecule has 0 spiro atoms. The third-order valence-electron chi connectivity index (χ3n) is 3.47. The van der Waals surface area contributed by atoms with Crippen molar-refractivity contribution < 1.29 is 0 Å². The number of imidazole rings is 1. The molecule has 0 radical (unpaired) electrons. The second-order valence-corrected chi connectivity index (χ2v) is 5.48. The van der Waals surface area contributed by atoms with Crippen LogP contribution in [-0.2, 0) is 0 Å². The molecule has 0 amide bonds. The van der Waals surface area contributed by atoms with Gasteiger partial charge in [-0.15, -0.1) is 0 Å². The maximum absolute atomic E-state index is 6.30. The van der Waals surface area contributed by atoms with Crippen LogP contribution < -0.4 is 5.32 Å². The van der Waals surface area contributed by atoms with Crippen molar-refractivity contribution in [3.63, 3.8) is 0 Å². The highest BCUT2D eigenvalue weighted by atomic mass is 35.5. The molecular weight excluding hydrogens is 320 g/mol. The molecule has 3 aromatic rings. The number of benzene rings is 1. The lowest BCUT2D eigenvalue weighted by atomic mass is 10.1. The first-order valence-electron chi connectivity index (χ1n) is 7.54. The highest BCUT2D eigenvalue weighted by Gasteiger charge is 2.15. The number of nitrogens with zero attached hydrogens (tertiary/aromatic N) is 3. The molecule has 0 aliphatic heterocycles. The predicted octanol–water partition coefficient (Wildman–Crippen LogP) is 5.27. The van der Waals surface area contributed by atoms with Gasteiger partial charge in [-0.3, -0.25) is 9.38 Å². The first-order valence-corrected chi connectivity index (χ1v) is 7.91. The largest absolute Gasteiger partial charge is 0.338 e. The van der Waals surface area contributed by atoms with Crippen molar-refractivity contribution in [1.29, 1.82) is 0 Å². The van der Waals surface area contributed by atoms with Gasteiger partial charge in [-0.1, -0.05) is 54.6 Å². The molecule has 0 saturated carbocycles. The van der Waals surface area contributed by atoms with E-state index in [-0.39, 0.29) is 0 Å². The summed E-state index contributed by atoms with van der Waals surface area (Å²) >= 11 is 6.30. The van der Waals surface area contributed by atoms with E-state index in [1.54, 1.807) is 18.5 Å². The summed E-state index contributed by atoms with van der Waals surface area (Å²) in [5, 5.41) is 4.04. The lowest BCUT2D eigenvalue weighted by Gasteiger charge is -2.10. The van der Waals surface area contributed by atoms with E-state index in [4.69, 9.17) is 16.6 Å². The highest BCUT2D eigenvalue weighted by Crippen LogP contribution is 2.31. The first-order chi connectivity index (χ1) is 11.7. The van der Waals surface area contributed by atoms with Crippen LogP contribution in [0, 0.1) is 0 Å². The molecule has 2 aromatic heterocycles. The Morgan fingerprint density at radius 3 is 2.92 bits per heavy atom. The quantitative estimate of drug-likeness (QED) is 0.645. The lowest BCUT2D eigenvalue weighted by molar-refractivity contribution is 1.13. The van der Waals surface area contributed by atoms with E-state index in [0.29, 0.717) is 5.02 Å². The molecule has 0 aliphatic rings. The zero-order valence-electron chi connectivity index (χ0n) is 13.3. The van der Waals surface area contributed by atoms with Crippen LogP contribution >= 0.6 is 11.6 Å². The van der Waals surface area contributed by atoms with Crippen molar-refractivity contribution in [3.05, 3.63) is 84.5 Å². The molecular formula is C19H17ClN4. The van der Waals surface area contributed by atoms with Gasteiger partial charge in [-0.25, -0.2) is 4.98 Å². The molecule has 2 heterocycles. The number of rotatable bonds is 5. The highest BCUT2D eigenvalue weighted by molar-refractivity contribution is 6.33. The topological polar surface area (TPSA) is 42.2 Å². The third kappa shape index (κ3) is 3.09. The number of aromatic nitrogens is 3. The number of anilines is 2. The van der Waals surface area contributed by atoms with E-state index in [0.717, 1.165) is 28.4 Å². The average Bonchev–Trinajstić information content (AvgIpc) is 2.95. The Balaban J connectivity index is 2.20. The van der Waals surface area contributed by atoms with E-state index in [1.807, 2.05) is 60.0 Å². The Morgan fingerprint density at radius 2 is 2.17 bits per heavy atom. The molecule has 0 unspecified atom stereocenters. The minimum atomic E-state index is 0.646. The minimum absolute atomic E-state index is 0.646. The summed E-state index contributed by atoms with van der Waals surface area (Å²) < 4.78 is 1.95. The lowest BCUT2D eigenvalue weighted by Crippen LogP contribution is -1.98. The number of hydrogen-bond donors (Lipinski definition) is 1. The van der Waals surface area contributed by atoms with E-state index in [2.05, 4.69) is 16.9 Å². The van der Waals surface area contributed by atoms with E-state index in [1.165, 1.54) is 0 Å². The SMILES string of the molecule is C=C/C=C(\C=C/C)c1nc2cnccn2c1Nc1ccccc1Cl. The van der Waals surface area contributed by atoms with Crippen molar-refractivity contribution in [3.8, 4) is 0 Å². The summed E-state index contributed by atoms with van der Waals surface area (Å²) in [6, 6.07) is 7.61. The van der Waals surface area contributed by atoms with Crippen LogP contribution in [0.15, 0.2) is 73.7 Å². The van der Waals surface area contributed by atoms with Crippen LogP contribution in [-0.4, -0.2) is 14.4 Å². The smallest absolute Gasteiger partial charge is 0.157 e. The van der Waals surface area contributed by atoms with Gasteiger partial charge in [-0.05, 0) is 19.1 Å². The van der Waals surface area contributed by atoms with Crippen molar-refractivity contribution in [2.75, 3.05) is 5.32 Å². The predicted molar refractivity (Wildman–Crippen MR) is 101 cm³/mol. The minimum Gasteiger partial charge on any atom is -0.338 e. The van der Waals surface area contributed by atoms with E-state index < -0.39 is 0 Å². The third-order valence-corrected chi connectivity index (χ3v) is 3.80. The Labute approximate surface area is 145 Å². The summed E-state index contributed by atoms with van der Waals surface area (Å²) in [6.07, 6.45) is 13.0. The maximum Gasteiger partial charge on any atom is 0.157 e. The van der Waals surface area contributed by atoms with Crippen LogP contribution in [0.25, 0.3) is 11.2 Å². The fraction of sp³-hybridized carbons (Fsp3) is 0.0526. The molecule has 3 rings (SSSR count). The van der Waals surface area contributed by atoms with Crippen molar-refractivity contribution >= 4 is 34.3 Å². The van der Waals surface area contributed by atoms with Gasteiger partial charge in [-0.2, -0.15) is 0 Å². The van der Waals surface area contributed by atoms with E-state index in [9.17, 15) is 0 Å². The van der Waals surface area contributed by atoms with Gasteiger partial charge < -0.3 is 5.32 Å². The fourth-order valence-corrected chi connectivity index (χ4v) is 2.62. The molecule has 0 fully saturated rings. The first kappa shape index (κ1) is 16.0. The van der Waals surface area contributed by atoms with Crippen LogP contribution in [0.1, 0.15) is 12.6 Å². The van der Waals surface area contributed by atoms with Crippen molar-refractivity contribution in [2.45, 2.75) is 6.92 Å². The molecule has 0 saturated heterocycles. The Bertz CT molecular complexity index is 937.